The predicted molar refractivity (Wildman–Crippen MR) is 95.8 cm³/mol. The van der Waals surface area contributed by atoms with Crippen LogP contribution < -0.4 is 0 Å². The highest BCUT2D eigenvalue weighted by Gasteiger charge is 2.41. The van der Waals surface area contributed by atoms with Gasteiger partial charge in [0.05, 0.1) is 6.04 Å². The molecule has 2 heterocycles. The highest BCUT2D eigenvalue weighted by atomic mass is 31.1. The molecule has 2 aliphatic carbocycles. The lowest BCUT2D eigenvalue weighted by Gasteiger charge is -2.49. The maximum Gasteiger partial charge on any atom is 0.200 e. The minimum absolute atomic E-state index is 0.0172. The van der Waals surface area contributed by atoms with Crippen LogP contribution in [-0.4, -0.2) is 52.5 Å². The summed E-state index contributed by atoms with van der Waals surface area (Å²) in [5.41, 5.74) is 2.02. The van der Waals surface area contributed by atoms with Crippen molar-refractivity contribution in [3.8, 4) is 0 Å². The lowest BCUT2D eigenvalue weighted by Crippen LogP contribution is -2.52. The minimum Gasteiger partial charge on any atom is -0.342 e. The average Bonchev–Trinajstić information content (AvgIpc) is 3.22. The number of hydrogen-bond acceptors (Lipinski definition) is 3. The topological polar surface area (TPSA) is 18.8 Å². The molecule has 0 bridgehead atoms. The van der Waals surface area contributed by atoms with E-state index >= 15 is 0 Å². The zero-order valence-electron chi connectivity index (χ0n) is 14.2. The van der Waals surface area contributed by atoms with Crippen molar-refractivity contribution >= 4 is 14.0 Å². The molecule has 0 aromatic heterocycles. The lowest BCUT2D eigenvalue weighted by atomic mass is 10.2. The van der Waals surface area contributed by atoms with E-state index in [0.29, 0.717) is 6.04 Å². The fourth-order valence-electron chi connectivity index (χ4n) is 4.99. The Kier molecular flexibility index (Phi) is 4.62. The highest BCUT2D eigenvalue weighted by Crippen LogP contribution is 2.60. The average molecular weight is 321 g/mol. The SMILES string of the molecule is CC1CCN2CCCN(P(C3CCCC3)C3CCCC3)C2=N1. The zero-order chi connectivity index (χ0) is 14.9. The van der Waals surface area contributed by atoms with Gasteiger partial charge in [-0.2, -0.15) is 0 Å². The standard InChI is InChI=1S/C18H32N3P/c1-15-11-14-20-12-6-13-21(18(20)19-15)22(16-7-2-3-8-16)17-9-4-5-10-17/h15-17H,2-14H2,1H3. The van der Waals surface area contributed by atoms with Gasteiger partial charge in [-0.3, -0.25) is 0 Å². The summed E-state index contributed by atoms with van der Waals surface area (Å²) >= 11 is 0. The molecule has 0 spiro atoms. The molecule has 3 nitrogen and oxygen atoms in total. The molecule has 4 heteroatoms. The van der Waals surface area contributed by atoms with Crippen LogP contribution in [-0.2, 0) is 0 Å². The van der Waals surface area contributed by atoms with Gasteiger partial charge in [0, 0.05) is 27.7 Å². The first-order valence-electron chi connectivity index (χ1n) is 9.71. The van der Waals surface area contributed by atoms with Crippen LogP contribution >= 0.6 is 8.07 Å². The molecule has 0 aromatic carbocycles. The third-order valence-corrected chi connectivity index (χ3v) is 9.61. The van der Waals surface area contributed by atoms with Crippen molar-refractivity contribution in [2.24, 2.45) is 4.99 Å². The number of aliphatic imine (C=N–C) groups is 1. The third kappa shape index (κ3) is 2.90. The Morgan fingerprint density at radius 1 is 0.818 bits per heavy atom. The molecule has 22 heavy (non-hydrogen) atoms. The second-order valence-electron chi connectivity index (χ2n) is 7.79. The van der Waals surface area contributed by atoms with E-state index in [1.54, 1.807) is 0 Å². The van der Waals surface area contributed by atoms with E-state index in [-0.39, 0.29) is 8.07 Å². The van der Waals surface area contributed by atoms with Gasteiger partial charge >= 0.3 is 0 Å². The van der Waals surface area contributed by atoms with Crippen molar-refractivity contribution < 1.29 is 0 Å². The smallest absolute Gasteiger partial charge is 0.200 e. The van der Waals surface area contributed by atoms with Crippen LogP contribution in [0.25, 0.3) is 0 Å². The first-order chi connectivity index (χ1) is 10.8. The number of hydrogen-bond donors (Lipinski definition) is 0. The Bertz CT molecular complexity index is 397. The Hall–Kier alpha value is -0.300. The normalized spacial score (nSPS) is 31.0. The highest BCUT2D eigenvalue weighted by molar-refractivity contribution is 7.57. The van der Waals surface area contributed by atoms with E-state index in [9.17, 15) is 0 Å². The summed E-state index contributed by atoms with van der Waals surface area (Å²) in [6.07, 6.45) is 14.5. The van der Waals surface area contributed by atoms with E-state index in [2.05, 4.69) is 16.5 Å². The number of fused-ring (bicyclic) bond motifs is 1. The van der Waals surface area contributed by atoms with Gasteiger partial charge in [0.1, 0.15) is 0 Å². The molecule has 124 valence electrons. The molecule has 1 saturated heterocycles. The van der Waals surface area contributed by atoms with E-state index in [0.717, 1.165) is 11.3 Å². The van der Waals surface area contributed by atoms with Crippen molar-refractivity contribution in [2.75, 3.05) is 19.6 Å². The molecule has 0 N–H and O–H groups in total. The summed E-state index contributed by atoms with van der Waals surface area (Å²) in [6, 6.07) is 0.538. The Morgan fingerprint density at radius 3 is 2.09 bits per heavy atom. The van der Waals surface area contributed by atoms with Crippen LogP contribution in [0, 0.1) is 0 Å². The number of rotatable bonds is 3. The summed E-state index contributed by atoms with van der Waals surface area (Å²) in [6.45, 7) is 6.10. The van der Waals surface area contributed by atoms with E-state index in [1.165, 1.54) is 89.8 Å². The van der Waals surface area contributed by atoms with Crippen molar-refractivity contribution in [1.29, 1.82) is 0 Å². The molecule has 0 amide bonds. The van der Waals surface area contributed by atoms with Gasteiger partial charge < -0.3 is 9.57 Å². The lowest BCUT2D eigenvalue weighted by molar-refractivity contribution is 0.288. The first-order valence-corrected chi connectivity index (χ1v) is 11.1. The summed E-state index contributed by atoms with van der Waals surface area (Å²) in [7, 11) is 0.0172. The van der Waals surface area contributed by atoms with Crippen molar-refractivity contribution in [3.63, 3.8) is 0 Å². The molecule has 2 aliphatic heterocycles. The maximum atomic E-state index is 5.13. The predicted octanol–water partition coefficient (Wildman–Crippen LogP) is 4.42. The molecule has 2 saturated carbocycles. The maximum absolute atomic E-state index is 5.13. The molecule has 0 radical (unpaired) electrons. The molecule has 3 fully saturated rings. The van der Waals surface area contributed by atoms with Crippen LogP contribution in [0.1, 0.15) is 71.1 Å². The van der Waals surface area contributed by atoms with E-state index < -0.39 is 0 Å². The van der Waals surface area contributed by atoms with Gasteiger partial charge in [0.25, 0.3) is 0 Å². The minimum atomic E-state index is 0.0172. The van der Waals surface area contributed by atoms with Gasteiger partial charge in [-0.05, 0) is 56.8 Å². The van der Waals surface area contributed by atoms with Gasteiger partial charge in [0.15, 0.2) is 5.96 Å². The fraction of sp³-hybridized carbons (Fsp3) is 0.944. The quantitative estimate of drug-likeness (QED) is 0.716. The first kappa shape index (κ1) is 15.2. The van der Waals surface area contributed by atoms with Crippen LogP contribution in [0.15, 0.2) is 4.99 Å². The van der Waals surface area contributed by atoms with Crippen LogP contribution in [0.3, 0.4) is 0 Å². The summed E-state index contributed by atoms with van der Waals surface area (Å²) in [5, 5.41) is 0. The molecule has 4 rings (SSSR count). The molecule has 4 aliphatic rings. The van der Waals surface area contributed by atoms with Gasteiger partial charge in [-0.15, -0.1) is 0 Å². The molecule has 1 unspecified atom stereocenters. The van der Waals surface area contributed by atoms with Crippen molar-refractivity contribution in [1.82, 2.24) is 9.57 Å². The van der Waals surface area contributed by atoms with Crippen molar-refractivity contribution in [3.05, 3.63) is 0 Å². The Labute approximate surface area is 137 Å². The molecule has 1 atom stereocenters. The van der Waals surface area contributed by atoms with Gasteiger partial charge in [-0.25, -0.2) is 4.99 Å². The van der Waals surface area contributed by atoms with E-state index in [1.807, 2.05) is 0 Å². The van der Waals surface area contributed by atoms with Crippen LogP contribution in [0.4, 0.5) is 0 Å². The Balaban J connectivity index is 1.61. The largest absolute Gasteiger partial charge is 0.342 e. The Morgan fingerprint density at radius 2 is 1.45 bits per heavy atom. The van der Waals surface area contributed by atoms with Crippen LogP contribution in [0.5, 0.6) is 0 Å². The zero-order valence-corrected chi connectivity index (χ0v) is 15.1. The summed E-state index contributed by atoms with van der Waals surface area (Å²) in [5.74, 6) is 1.41. The van der Waals surface area contributed by atoms with Crippen molar-refractivity contribution in [2.45, 2.75) is 88.5 Å². The molecular formula is C18H32N3P. The summed E-state index contributed by atoms with van der Waals surface area (Å²) < 4.78 is 2.86. The summed E-state index contributed by atoms with van der Waals surface area (Å²) in [4.78, 5) is 7.75. The van der Waals surface area contributed by atoms with E-state index in [4.69, 9.17) is 4.99 Å². The third-order valence-electron chi connectivity index (χ3n) is 6.14. The second-order valence-corrected chi connectivity index (χ2v) is 10.5. The van der Waals surface area contributed by atoms with Crippen LogP contribution in [0.2, 0.25) is 0 Å². The monoisotopic (exact) mass is 321 g/mol. The molecule has 0 aromatic rings. The van der Waals surface area contributed by atoms with Gasteiger partial charge in [-0.1, -0.05) is 25.7 Å². The fourth-order valence-corrected chi connectivity index (χ4v) is 8.92. The molecular weight excluding hydrogens is 289 g/mol. The number of nitrogens with zero attached hydrogens (tertiary/aromatic N) is 3. The van der Waals surface area contributed by atoms with Gasteiger partial charge in [0.2, 0.25) is 0 Å². The number of guanidine groups is 1. The second kappa shape index (κ2) is 6.67.